The van der Waals surface area contributed by atoms with Crippen LogP contribution >= 0.6 is 27.5 Å². The average molecular weight is 430 g/mol. The fourth-order valence-electron chi connectivity index (χ4n) is 3.04. The lowest BCUT2D eigenvalue weighted by molar-refractivity contribution is 0.0533. The molecule has 0 aliphatic carbocycles. The molecule has 2 heterocycles. The number of halogens is 2. The van der Waals surface area contributed by atoms with Crippen molar-refractivity contribution in [3.8, 4) is 0 Å². The standard InChI is InChI=1S/C20H14BrClN2O2/c1-11-6-8-12(9-7-11)17(25)16-18(26-24-19(16)21)14-10-13-4-2-3-5-15(13)23-20(14)22/h2-10,16,18H,1H3/t16-,18-/m1/s1. The van der Waals surface area contributed by atoms with Crippen LogP contribution in [0.15, 0.2) is 59.8 Å². The normalized spacial score (nSPS) is 19.3. The summed E-state index contributed by atoms with van der Waals surface area (Å²) >= 11 is 9.77. The van der Waals surface area contributed by atoms with E-state index >= 15 is 0 Å². The van der Waals surface area contributed by atoms with Gasteiger partial charge in [0.05, 0.1) is 5.52 Å². The number of aryl methyl sites for hydroxylation is 1. The van der Waals surface area contributed by atoms with Crippen molar-refractivity contribution in [3.63, 3.8) is 0 Å². The van der Waals surface area contributed by atoms with Gasteiger partial charge in [0.25, 0.3) is 0 Å². The van der Waals surface area contributed by atoms with E-state index in [1.54, 1.807) is 0 Å². The molecule has 1 aliphatic rings. The molecule has 0 bridgehead atoms. The molecule has 0 radical (unpaired) electrons. The Morgan fingerprint density at radius 2 is 1.88 bits per heavy atom. The number of pyridine rings is 1. The molecule has 3 aromatic rings. The summed E-state index contributed by atoms with van der Waals surface area (Å²) in [5, 5.41) is 5.23. The highest BCUT2D eigenvalue weighted by atomic mass is 79.9. The Morgan fingerprint density at radius 3 is 2.65 bits per heavy atom. The summed E-state index contributed by atoms with van der Waals surface area (Å²) in [6.45, 7) is 1.98. The molecule has 0 unspecified atom stereocenters. The Hall–Kier alpha value is -2.24. The van der Waals surface area contributed by atoms with Gasteiger partial charge in [0.2, 0.25) is 0 Å². The number of aromatic nitrogens is 1. The van der Waals surface area contributed by atoms with Crippen LogP contribution in [0.4, 0.5) is 0 Å². The van der Waals surface area contributed by atoms with Crippen molar-refractivity contribution in [2.24, 2.45) is 11.1 Å². The maximum atomic E-state index is 13.1. The van der Waals surface area contributed by atoms with Crippen molar-refractivity contribution in [1.82, 2.24) is 4.98 Å². The van der Waals surface area contributed by atoms with Crippen LogP contribution in [0, 0.1) is 12.8 Å². The lowest BCUT2D eigenvalue weighted by Gasteiger charge is -2.18. The van der Waals surface area contributed by atoms with Crippen molar-refractivity contribution in [2.75, 3.05) is 0 Å². The Kier molecular flexibility index (Phi) is 4.51. The summed E-state index contributed by atoms with van der Waals surface area (Å²) in [5.41, 5.74) is 3.14. The van der Waals surface area contributed by atoms with Crippen LogP contribution in [0.25, 0.3) is 10.9 Å². The second kappa shape index (κ2) is 6.82. The van der Waals surface area contributed by atoms with Crippen LogP contribution in [-0.2, 0) is 4.84 Å². The van der Waals surface area contributed by atoms with E-state index in [-0.39, 0.29) is 5.78 Å². The number of benzene rings is 2. The van der Waals surface area contributed by atoms with Gasteiger partial charge in [0, 0.05) is 16.5 Å². The highest BCUT2D eigenvalue weighted by Gasteiger charge is 2.41. The minimum absolute atomic E-state index is 0.0765. The predicted molar refractivity (Wildman–Crippen MR) is 106 cm³/mol. The summed E-state index contributed by atoms with van der Waals surface area (Å²) in [7, 11) is 0. The van der Waals surface area contributed by atoms with Gasteiger partial charge in [-0.3, -0.25) is 4.79 Å². The largest absolute Gasteiger partial charge is 0.386 e. The highest BCUT2D eigenvalue weighted by molar-refractivity contribution is 9.18. The number of Topliss-reactive ketones (excluding diaryl/α,β-unsaturated/α-hetero) is 1. The van der Waals surface area contributed by atoms with Gasteiger partial charge in [-0.2, -0.15) is 0 Å². The molecule has 0 amide bonds. The van der Waals surface area contributed by atoms with Gasteiger partial charge in [-0.15, -0.1) is 0 Å². The number of oxime groups is 1. The smallest absolute Gasteiger partial charge is 0.176 e. The first-order valence-electron chi connectivity index (χ1n) is 8.10. The summed E-state index contributed by atoms with van der Waals surface area (Å²) in [5.74, 6) is -0.675. The van der Waals surface area contributed by atoms with E-state index in [0.29, 0.717) is 20.9 Å². The topological polar surface area (TPSA) is 51.5 Å². The summed E-state index contributed by atoms with van der Waals surface area (Å²) in [4.78, 5) is 23.1. The Balaban J connectivity index is 1.75. The number of ketones is 1. The number of rotatable bonds is 3. The third-order valence-corrected chi connectivity index (χ3v) is 5.38. The zero-order valence-corrected chi connectivity index (χ0v) is 16.2. The number of para-hydroxylation sites is 1. The first kappa shape index (κ1) is 17.2. The highest BCUT2D eigenvalue weighted by Crippen LogP contribution is 2.40. The molecule has 4 rings (SSSR count). The maximum Gasteiger partial charge on any atom is 0.176 e. The fourth-order valence-corrected chi connectivity index (χ4v) is 3.82. The molecule has 2 aromatic carbocycles. The molecule has 0 N–H and O–H groups in total. The maximum absolute atomic E-state index is 13.1. The van der Waals surface area contributed by atoms with E-state index in [1.807, 2.05) is 61.5 Å². The Morgan fingerprint density at radius 1 is 1.15 bits per heavy atom. The number of hydrogen-bond donors (Lipinski definition) is 0. The molecule has 6 heteroatoms. The first-order chi connectivity index (χ1) is 12.5. The molecule has 130 valence electrons. The van der Waals surface area contributed by atoms with Crippen LogP contribution in [0.1, 0.15) is 27.6 Å². The van der Waals surface area contributed by atoms with Crippen molar-refractivity contribution < 1.29 is 9.63 Å². The molecule has 0 fully saturated rings. The molecule has 26 heavy (non-hydrogen) atoms. The number of hydrogen-bond acceptors (Lipinski definition) is 4. The first-order valence-corrected chi connectivity index (χ1v) is 9.27. The molecular weight excluding hydrogens is 416 g/mol. The molecular formula is C20H14BrClN2O2. The van der Waals surface area contributed by atoms with Gasteiger partial charge >= 0.3 is 0 Å². The molecule has 0 saturated carbocycles. The van der Waals surface area contributed by atoms with Gasteiger partial charge in [0.15, 0.2) is 11.9 Å². The fraction of sp³-hybridized carbons (Fsp3) is 0.150. The number of carbonyl (C=O) groups is 1. The van der Waals surface area contributed by atoms with Crippen LogP contribution in [0.5, 0.6) is 0 Å². The van der Waals surface area contributed by atoms with E-state index in [2.05, 4.69) is 26.1 Å². The molecule has 2 atom stereocenters. The lowest BCUT2D eigenvalue weighted by atomic mass is 9.90. The van der Waals surface area contributed by atoms with Gasteiger partial charge < -0.3 is 4.84 Å². The van der Waals surface area contributed by atoms with Crippen LogP contribution < -0.4 is 0 Å². The summed E-state index contributed by atoms with van der Waals surface area (Å²) in [6.07, 6.45) is -0.622. The average Bonchev–Trinajstić information content (AvgIpc) is 3.02. The van der Waals surface area contributed by atoms with Crippen LogP contribution in [0.2, 0.25) is 5.15 Å². The second-order valence-electron chi connectivity index (χ2n) is 6.21. The SMILES string of the molecule is Cc1ccc(C(=O)[C@H]2C(Br)=NO[C@@H]2c2cc3ccccc3nc2Cl)cc1. The van der Waals surface area contributed by atoms with E-state index < -0.39 is 12.0 Å². The van der Waals surface area contributed by atoms with E-state index in [0.717, 1.165) is 16.5 Å². The minimum Gasteiger partial charge on any atom is -0.386 e. The zero-order chi connectivity index (χ0) is 18.3. The summed E-state index contributed by atoms with van der Waals surface area (Å²) in [6, 6.07) is 17.0. The van der Waals surface area contributed by atoms with E-state index in [4.69, 9.17) is 16.4 Å². The quantitative estimate of drug-likeness (QED) is 0.409. The molecule has 1 aliphatic heterocycles. The molecule has 4 nitrogen and oxygen atoms in total. The Labute approximate surface area is 164 Å². The minimum atomic E-state index is -0.622. The molecule has 0 spiro atoms. The molecule has 1 aromatic heterocycles. The van der Waals surface area contributed by atoms with Crippen molar-refractivity contribution in [3.05, 3.63) is 76.4 Å². The van der Waals surface area contributed by atoms with Crippen LogP contribution in [-0.4, -0.2) is 15.4 Å². The van der Waals surface area contributed by atoms with Gasteiger partial charge in [-0.25, -0.2) is 4.98 Å². The van der Waals surface area contributed by atoms with Crippen molar-refractivity contribution in [1.29, 1.82) is 0 Å². The number of nitrogens with zero attached hydrogens (tertiary/aromatic N) is 2. The van der Waals surface area contributed by atoms with E-state index in [9.17, 15) is 4.79 Å². The van der Waals surface area contributed by atoms with Gasteiger partial charge in [-0.1, -0.05) is 64.8 Å². The number of fused-ring (bicyclic) bond motifs is 1. The lowest BCUT2D eigenvalue weighted by Crippen LogP contribution is -2.24. The predicted octanol–water partition coefficient (Wildman–Crippen LogP) is 5.48. The number of carbonyl (C=O) groups excluding carboxylic acids is 1. The van der Waals surface area contributed by atoms with Gasteiger partial charge in [-0.05, 0) is 35.0 Å². The second-order valence-corrected chi connectivity index (χ2v) is 7.38. The van der Waals surface area contributed by atoms with E-state index in [1.165, 1.54) is 0 Å². The van der Waals surface area contributed by atoms with Gasteiger partial charge in [0.1, 0.15) is 15.7 Å². The van der Waals surface area contributed by atoms with Crippen molar-refractivity contribution >= 4 is 48.8 Å². The zero-order valence-electron chi connectivity index (χ0n) is 13.8. The molecule has 0 saturated heterocycles. The van der Waals surface area contributed by atoms with Crippen molar-refractivity contribution in [2.45, 2.75) is 13.0 Å². The van der Waals surface area contributed by atoms with Crippen LogP contribution in [0.3, 0.4) is 0 Å². The third kappa shape index (κ3) is 3.02. The Bertz CT molecular complexity index is 1030. The third-order valence-electron chi connectivity index (χ3n) is 4.44. The monoisotopic (exact) mass is 428 g/mol. The summed E-state index contributed by atoms with van der Waals surface area (Å²) < 4.78 is 0.456.